The maximum absolute atomic E-state index is 6.82. The molecule has 6 heteroatoms. The van der Waals surface area contributed by atoms with Crippen molar-refractivity contribution in [3.63, 3.8) is 0 Å². The first-order valence-corrected chi connectivity index (χ1v) is 6.80. The fourth-order valence-electron chi connectivity index (χ4n) is 1.59. The smallest absolute Gasteiger partial charge is 0.479 e. The Balaban J connectivity index is 2.99. The molecule has 0 amide bonds. The van der Waals surface area contributed by atoms with Crippen LogP contribution in [0.25, 0.3) is 0 Å². The highest BCUT2D eigenvalue weighted by atomic mass is 28.4. The van der Waals surface area contributed by atoms with Crippen LogP contribution in [0.15, 0.2) is 24.3 Å². The summed E-state index contributed by atoms with van der Waals surface area (Å²) < 4.78 is 21.1. The number of nitrogens with one attached hydrogen (secondary N) is 1. The van der Waals surface area contributed by atoms with Crippen LogP contribution in [0.2, 0.25) is 0 Å². The first-order chi connectivity index (χ1) is 8.22. The number of hydrogen-bond donors (Lipinski definition) is 1. The van der Waals surface area contributed by atoms with E-state index < -0.39 is 8.80 Å². The standard InChI is InChI=1S/C11H17NO4Si/c1-13-17(14-2,15-3)11-6-4-5-10(7-11)8-16-9-12/h4-7,9,12H,8H2,1-3H3. The van der Waals surface area contributed by atoms with Gasteiger partial charge in [-0.3, -0.25) is 5.41 Å². The third-order valence-corrected chi connectivity index (χ3v) is 5.05. The van der Waals surface area contributed by atoms with E-state index in [2.05, 4.69) is 0 Å². The fourth-order valence-corrected chi connectivity index (χ4v) is 3.46. The summed E-state index contributed by atoms with van der Waals surface area (Å²) in [4.78, 5) is 0. The topological polar surface area (TPSA) is 60.8 Å². The van der Waals surface area contributed by atoms with Gasteiger partial charge in [0.2, 0.25) is 0 Å². The molecule has 0 spiro atoms. The molecule has 1 N–H and O–H groups in total. The Morgan fingerprint density at radius 2 is 1.82 bits per heavy atom. The average Bonchev–Trinajstić information content (AvgIpc) is 2.40. The number of hydrogen-bond acceptors (Lipinski definition) is 5. The van der Waals surface area contributed by atoms with Crippen LogP contribution in [-0.4, -0.2) is 36.5 Å². The Kier molecular flexibility index (Phi) is 5.30. The number of benzene rings is 1. The van der Waals surface area contributed by atoms with Crippen molar-refractivity contribution in [3.8, 4) is 0 Å². The molecule has 0 radical (unpaired) electrons. The van der Waals surface area contributed by atoms with E-state index in [1.165, 1.54) is 0 Å². The molecule has 0 atom stereocenters. The summed E-state index contributed by atoms with van der Waals surface area (Å²) in [6.45, 7) is 0.346. The first kappa shape index (κ1) is 13.9. The minimum atomic E-state index is -2.78. The molecule has 0 bridgehead atoms. The third-order valence-electron chi connectivity index (χ3n) is 2.42. The molecule has 1 aromatic rings. The second-order valence-corrected chi connectivity index (χ2v) is 6.21. The van der Waals surface area contributed by atoms with Crippen molar-refractivity contribution in [1.29, 1.82) is 5.41 Å². The van der Waals surface area contributed by atoms with Crippen molar-refractivity contribution < 1.29 is 18.0 Å². The molecule has 1 aromatic carbocycles. The average molecular weight is 255 g/mol. The minimum absolute atomic E-state index is 0.346. The van der Waals surface area contributed by atoms with Crippen LogP contribution in [0.5, 0.6) is 0 Å². The Labute approximate surface area is 102 Å². The second-order valence-electron chi connectivity index (χ2n) is 3.30. The van der Waals surface area contributed by atoms with Crippen LogP contribution >= 0.6 is 0 Å². The maximum Gasteiger partial charge on any atom is 0.536 e. The van der Waals surface area contributed by atoms with Gasteiger partial charge in [0, 0.05) is 26.5 Å². The summed E-state index contributed by atoms with van der Waals surface area (Å²) in [6, 6.07) is 7.60. The van der Waals surface area contributed by atoms with E-state index in [-0.39, 0.29) is 0 Å². The summed E-state index contributed by atoms with van der Waals surface area (Å²) >= 11 is 0. The molecule has 0 aliphatic rings. The predicted octanol–water partition coefficient (Wildman–Crippen LogP) is 0.895. The Morgan fingerprint density at radius 1 is 1.18 bits per heavy atom. The maximum atomic E-state index is 6.82. The van der Waals surface area contributed by atoms with Crippen molar-refractivity contribution in [2.45, 2.75) is 6.61 Å². The molecule has 0 saturated carbocycles. The van der Waals surface area contributed by atoms with E-state index in [0.717, 1.165) is 17.2 Å². The van der Waals surface area contributed by atoms with E-state index in [1.807, 2.05) is 24.3 Å². The molecule has 0 heterocycles. The molecule has 0 aliphatic carbocycles. The van der Waals surface area contributed by atoms with Crippen molar-refractivity contribution in [2.75, 3.05) is 21.3 Å². The highest BCUT2D eigenvalue weighted by Gasteiger charge is 2.40. The first-order valence-electron chi connectivity index (χ1n) is 5.08. The fraction of sp³-hybridized carbons (Fsp3) is 0.364. The van der Waals surface area contributed by atoms with Gasteiger partial charge in [0.15, 0.2) is 6.40 Å². The molecule has 0 aliphatic heterocycles. The van der Waals surface area contributed by atoms with Crippen molar-refractivity contribution in [2.24, 2.45) is 0 Å². The van der Waals surface area contributed by atoms with Crippen LogP contribution in [-0.2, 0) is 24.6 Å². The zero-order valence-electron chi connectivity index (χ0n) is 10.2. The van der Waals surface area contributed by atoms with Crippen molar-refractivity contribution in [1.82, 2.24) is 0 Å². The molecular weight excluding hydrogens is 238 g/mol. The molecule has 17 heavy (non-hydrogen) atoms. The second kappa shape index (κ2) is 6.50. The summed E-state index contributed by atoms with van der Waals surface area (Å²) in [6.07, 6.45) is 0.917. The van der Waals surface area contributed by atoms with Crippen LogP contribution in [0.4, 0.5) is 0 Å². The van der Waals surface area contributed by atoms with Crippen LogP contribution < -0.4 is 5.19 Å². The lowest BCUT2D eigenvalue weighted by Gasteiger charge is -2.24. The zero-order chi connectivity index (χ0) is 12.7. The highest BCUT2D eigenvalue weighted by Crippen LogP contribution is 2.09. The van der Waals surface area contributed by atoms with Gasteiger partial charge >= 0.3 is 8.80 Å². The van der Waals surface area contributed by atoms with Gasteiger partial charge in [-0.15, -0.1) is 0 Å². The van der Waals surface area contributed by atoms with E-state index in [0.29, 0.717) is 6.61 Å². The molecule has 5 nitrogen and oxygen atoms in total. The number of ether oxygens (including phenoxy) is 1. The van der Waals surface area contributed by atoms with Crippen LogP contribution in [0.3, 0.4) is 0 Å². The van der Waals surface area contributed by atoms with E-state index in [9.17, 15) is 0 Å². The van der Waals surface area contributed by atoms with Crippen LogP contribution in [0.1, 0.15) is 5.56 Å². The molecule has 0 saturated heterocycles. The lowest BCUT2D eigenvalue weighted by Crippen LogP contribution is -2.54. The normalized spacial score (nSPS) is 11.2. The lowest BCUT2D eigenvalue weighted by atomic mass is 10.2. The van der Waals surface area contributed by atoms with Crippen molar-refractivity contribution >= 4 is 20.4 Å². The molecule has 0 aromatic heterocycles. The summed E-state index contributed by atoms with van der Waals surface area (Å²) in [5, 5.41) is 7.70. The van der Waals surface area contributed by atoms with Gasteiger partial charge in [-0.25, -0.2) is 0 Å². The van der Waals surface area contributed by atoms with Gasteiger partial charge in [-0.1, -0.05) is 18.2 Å². The van der Waals surface area contributed by atoms with Gasteiger partial charge in [-0.2, -0.15) is 0 Å². The van der Waals surface area contributed by atoms with Gasteiger partial charge in [0.05, 0.1) is 0 Å². The highest BCUT2D eigenvalue weighted by molar-refractivity contribution is 6.75. The van der Waals surface area contributed by atoms with E-state index in [1.54, 1.807) is 21.3 Å². The SMILES string of the molecule is CO[Si](OC)(OC)c1cccc(COC=N)c1. The largest absolute Gasteiger partial charge is 0.536 e. The summed E-state index contributed by atoms with van der Waals surface area (Å²) in [5.74, 6) is 0. The Bertz CT molecular complexity index is 360. The quantitative estimate of drug-likeness (QED) is 0.447. The van der Waals surface area contributed by atoms with Crippen LogP contribution in [0, 0.1) is 5.41 Å². The van der Waals surface area contributed by atoms with Crippen molar-refractivity contribution in [3.05, 3.63) is 29.8 Å². The van der Waals surface area contributed by atoms with E-state index >= 15 is 0 Å². The van der Waals surface area contributed by atoms with Gasteiger partial charge in [-0.05, 0) is 11.6 Å². The molecule has 0 unspecified atom stereocenters. The summed E-state index contributed by atoms with van der Waals surface area (Å²) in [7, 11) is 1.93. The van der Waals surface area contributed by atoms with Gasteiger partial charge in [0.1, 0.15) is 6.61 Å². The van der Waals surface area contributed by atoms with E-state index in [4.69, 9.17) is 23.4 Å². The van der Waals surface area contributed by atoms with Gasteiger partial charge in [0.25, 0.3) is 0 Å². The predicted molar refractivity (Wildman–Crippen MR) is 66.4 cm³/mol. The Morgan fingerprint density at radius 3 is 2.35 bits per heavy atom. The summed E-state index contributed by atoms with van der Waals surface area (Å²) in [5.41, 5.74) is 0.939. The minimum Gasteiger partial charge on any atom is -0.479 e. The molecule has 1 rings (SSSR count). The number of rotatable bonds is 7. The zero-order valence-corrected chi connectivity index (χ0v) is 11.2. The third kappa shape index (κ3) is 3.13. The molecule has 94 valence electrons. The monoisotopic (exact) mass is 255 g/mol. The van der Waals surface area contributed by atoms with Gasteiger partial charge < -0.3 is 18.0 Å². The Hall–Kier alpha value is -1.21. The lowest BCUT2D eigenvalue weighted by molar-refractivity contribution is 0.140. The molecule has 0 fully saturated rings. The molecular formula is C11H17NO4Si.